The topological polar surface area (TPSA) is 18.0 Å². The molecule has 4 heteroatoms. The first-order valence-corrected chi connectivity index (χ1v) is 22.7. The third-order valence-corrected chi connectivity index (χ3v) is 13.6. The first kappa shape index (κ1) is 37.9. The Bertz CT molecular complexity index is 3670. The summed E-state index contributed by atoms with van der Waals surface area (Å²) >= 11 is 0. The molecule has 0 radical (unpaired) electrons. The van der Waals surface area contributed by atoms with Crippen molar-refractivity contribution in [3.05, 3.63) is 229 Å². The van der Waals surface area contributed by atoms with Crippen molar-refractivity contribution in [2.45, 2.75) is 39.3 Å². The third kappa shape index (κ3) is 6.12. The normalized spacial score (nSPS) is 12.3. The number of rotatable bonds is 10. The van der Waals surface area contributed by atoms with E-state index in [1.165, 1.54) is 82.1 Å². The van der Waals surface area contributed by atoms with E-state index in [1.54, 1.807) is 0 Å². The van der Waals surface area contributed by atoms with Crippen LogP contribution in [0.5, 0.6) is 0 Å². The summed E-state index contributed by atoms with van der Waals surface area (Å²) in [5.74, 6) is 0.173. The minimum absolute atomic E-state index is 0.173. The van der Waals surface area contributed by atoms with Crippen LogP contribution in [-0.4, -0.2) is 13.7 Å². The van der Waals surface area contributed by atoms with Crippen LogP contribution in [0.3, 0.4) is 0 Å². The molecule has 3 aromatic heterocycles. The fraction of sp³-hybridized carbons (Fsp3) is 0.100. The second-order valence-electron chi connectivity index (χ2n) is 17.1. The van der Waals surface area contributed by atoms with Gasteiger partial charge in [0.1, 0.15) is 0 Å². The van der Waals surface area contributed by atoms with Crippen molar-refractivity contribution in [1.82, 2.24) is 13.7 Å². The van der Waals surface area contributed by atoms with Crippen LogP contribution < -0.4 is 4.90 Å². The number of anilines is 3. The Kier molecular flexibility index (Phi) is 9.19. The summed E-state index contributed by atoms with van der Waals surface area (Å²) < 4.78 is 7.30. The minimum atomic E-state index is 0.173. The Hall–Kier alpha value is -7.82. The van der Waals surface area contributed by atoms with Crippen molar-refractivity contribution in [2.24, 2.45) is 0 Å². The second-order valence-corrected chi connectivity index (χ2v) is 17.1. The van der Waals surface area contributed by atoms with E-state index in [0.29, 0.717) is 0 Å². The summed E-state index contributed by atoms with van der Waals surface area (Å²) in [5, 5.41) is 7.67. The van der Waals surface area contributed by atoms with Gasteiger partial charge in [-0.3, -0.25) is 0 Å². The number of nitrogens with zero attached hydrogens (tertiary/aromatic N) is 4. The lowest BCUT2D eigenvalue weighted by atomic mass is 9.85. The van der Waals surface area contributed by atoms with Crippen LogP contribution in [-0.2, 0) is 19.5 Å². The zero-order valence-electron chi connectivity index (χ0n) is 36.2. The number of benzene rings is 9. The minimum Gasteiger partial charge on any atom is -0.341 e. The Morgan fingerprint density at radius 3 is 1.45 bits per heavy atom. The molecular formula is C60H48N4. The van der Waals surface area contributed by atoms with Crippen molar-refractivity contribution < 1.29 is 0 Å². The molecule has 0 N–H and O–H groups in total. The molecule has 0 bridgehead atoms. The Morgan fingerprint density at radius 2 is 0.828 bits per heavy atom. The standard InChI is InChI=1S/C60H48N4/c1-3-61-55-26-16-14-24-48(55)52-38-43(29-33-57(52)61)50(42-18-8-5-9-19-42)36-41-28-32-59-51(37-41)54-40-47(31-35-60(54)64(59)45-22-12-7-13-23-45)63(44-20-10-6-11-21-44)46-30-34-58-53(39-46)49-25-15-17-27-56(49)62(58)4-2/h5-35,37-40,50H,3-4,36H2,1-2H3. The molecule has 0 spiro atoms. The van der Waals surface area contributed by atoms with Gasteiger partial charge in [-0.2, -0.15) is 0 Å². The van der Waals surface area contributed by atoms with Crippen molar-refractivity contribution in [3.8, 4) is 5.69 Å². The number of hydrogen-bond donors (Lipinski definition) is 0. The SMILES string of the molecule is CCn1c2ccccc2c2cc(C(Cc3ccc4c(c3)c3cc(N(c5ccccc5)c5ccc6c(c5)c5ccccc5n6CC)ccc3n4-c3ccccc3)c3ccccc3)ccc21. The lowest BCUT2D eigenvalue weighted by Crippen LogP contribution is -2.09. The lowest BCUT2D eigenvalue weighted by Gasteiger charge is -2.26. The molecule has 12 rings (SSSR count). The van der Waals surface area contributed by atoms with Crippen LogP contribution in [0.2, 0.25) is 0 Å². The summed E-state index contributed by atoms with van der Waals surface area (Å²) in [6, 6.07) is 78.7. The fourth-order valence-corrected chi connectivity index (χ4v) is 10.7. The first-order valence-electron chi connectivity index (χ1n) is 22.7. The Labute approximate surface area is 373 Å². The van der Waals surface area contributed by atoms with Crippen molar-refractivity contribution >= 4 is 82.5 Å². The first-order chi connectivity index (χ1) is 31.7. The van der Waals surface area contributed by atoms with Crippen molar-refractivity contribution in [1.29, 1.82) is 0 Å². The molecule has 12 aromatic rings. The van der Waals surface area contributed by atoms with E-state index < -0.39 is 0 Å². The molecule has 9 aromatic carbocycles. The third-order valence-electron chi connectivity index (χ3n) is 13.6. The Morgan fingerprint density at radius 1 is 0.359 bits per heavy atom. The molecule has 0 fully saturated rings. The van der Waals surface area contributed by atoms with Gasteiger partial charge in [0.2, 0.25) is 0 Å². The van der Waals surface area contributed by atoms with Gasteiger partial charge in [0.25, 0.3) is 0 Å². The molecular weight excluding hydrogens is 777 g/mol. The molecule has 3 heterocycles. The highest BCUT2D eigenvalue weighted by molar-refractivity contribution is 6.12. The van der Waals surface area contributed by atoms with Gasteiger partial charge in [0, 0.05) is 96.1 Å². The van der Waals surface area contributed by atoms with Gasteiger partial charge >= 0.3 is 0 Å². The monoisotopic (exact) mass is 824 g/mol. The molecule has 4 nitrogen and oxygen atoms in total. The molecule has 0 amide bonds. The molecule has 0 saturated heterocycles. The zero-order valence-corrected chi connectivity index (χ0v) is 36.2. The highest BCUT2D eigenvalue weighted by Crippen LogP contribution is 2.43. The predicted molar refractivity (Wildman–Crippen MR) is 271 cm³/mol. The predicted octanol–water partition coefficient (Wildman–Crippen LogP) is 15.9. The second kappa shape index (κ2) is 15.5. The largest absolute Gasteiger partial charge is 0.341 e. The molecule has 0 aliphatic heterocycles. The van der Waals surface area contributed by atoms with Crippen LogP contribution in [0.1, 0.15) is 36.5 Å². The van der Waals surface area contributed by atoms with Gasteiger partial charge in [-0.25, -0.2) is 0 Å². The maximum atomic E-state index is 2.47. The van der Waals surface area contributed by atoms with Gasteiger partial charge in [-0.1, -0.05) is 115 Å². The van der Waals surface area contributed by atoms with Crippen molar-refractivity contribution in [3.63, 3.8) is 0 Å². The summed E-state index contributed by atoms with van der Waals surface area (Å²) in [4.78, 5) is 2.42. The van der Waals surface area contributed by atoms with E-state index in [-0.39, 0.29) is 5.92 Å². The summed E-state index contributed by atoms with van der Waals surface area (Å²) in [6.07, 6.45) is 0.872. The molecule has 0 aliphatic rings. The van der Waals surface area contributed by atoms with E-state index in [9.17, 15) is 0 Å². The van der Waals surface area contributed by atoms with E-state index in [0.717, 1.165) is 42.3 Å². The van der Waals surface area contributed by atoms with Gasteiger partial charge < -0.3 is 18.6 Å². The highest BCUT2D eigenvalue weighted by atomic mass is 15.1. The van der Waals surface area contributed by atoms with E-state index >= 15 is 0 Å². The average molecular weight is 825 g/mol. The molecule has 64 heavy (non-hydrogen) atoms. The molecule has 308 valence electrons. The van der Waals surface area contributed by atoms with Gasteiger partial charge in [-0.15, -0.1) is 0 Å². The van der Waals surface area contributed by atoms with Crippen LogP contribution in [0, 0.1) is 0 Å². The van der Waals surface area contributed by atoms with Crippen LogP contribution in [0.15, 0.2) is 212 Å². The van der Waals surface area contributed by atoms with Gasteiger partial charge in [0.05, 0.1) is 11.0 Å². The number of para-hydroxylation sites is 4. The highest BCUT2D eigenvalue weighted by Gasteiger charge is 2.22. The van der Waals surface area contributed by atoms with E-state index in [1.807, 2.05) is 0 Å². The van der Waals surface area contributed by atoms with Gasteiger partial charge in [-0.05, 0) is 134 Å². The van der Waals surface area contributed by atoms with Crippen LogP contribution >= 0.6 is 0 Å². The number of fused-ring (bicyclic) bond motifs is 9. The summed E-state index contributed by atoms with van der Waals surface area (Å²) in [7, 11) is 0. The fourth-order valence-electron chi connectivity index (χ4n) is 10.7. The number of aryl methyl sites for hydroxylation is 2. The molecule has 0 aliphatic carbocycles. The summed E-state index contributed by atoms with van der Waals surface area (Å²) in [5.41, 5.74) is 16.0. The molecule has 1 unspecified atom stereocenters. The van der Waals surface area contributed by atoms with Crippen molar-refractivity contribution in [2.75, 3.05) is 4.90 Å². The zero-order chi connectivity index (χ0) is 42.7. The smallest absolute Gasteiger partial charge is 0.0542 e. The molecule has 0 saturated carbocycles. The van der Waals surface area contributed by atoms with E-state index in [4.69, 9.17) is 0 Å². The lowest BCUT2D eigenvalue weighted by molar-refractivity contribution is 0.805. The quantitative estimate of drug-likeness (QED) is 0.134. The van der Waals surface area contributed by atoms with Crippen LogP contribution in [0.25, 0.3) is 71.1 Å². The maximum Gasteiger partial charge on any atom is 0.0542 e. The number of hydrogen-bond acceptors (Lipinski definition) is 1. The molecule has 1 atom stereocenters. The summed E-state index contributed by atoms with van der Waals surface area (Å²) in [6.45, 7) is 6.33. The number of aromatic nitrogens is 3. The van der Waals surface area contributed by atoms with Crippen LogP contribution in [0.4, 0.5) is 17.1 Å². The Balaban J connectivity index is 1.03. The average Bonchev–Trinajstić information content (AvgIpc) is 3.98. The van der Waals surface area contributed by atoms with Gasteiger partial charge in [0.15, 0.2) is 0 Å². The maximum absolute atomic E-state index is 2.47. The van der Waals surface area contributed by atoms with E-state index in [2.05, 4.69) is 245 Å².